The van der Waals surface area contributed by atoms with Gasteiger partial charge in [-0.05, 0) is 36.8 Å². The van der Waals surface area contributed by atoms with E-state index in [1.165, 1.54) is 25.7 Å². The van der Waals surface area contributed by atoms with Crippen LogP contribution < -0.4 is 10.2 Å². The van der Waals surface area contributed by atoms with Gasteiger partial charge in [-0.3, -0.25) is 4.99 Å². The molecule has 0 spiro atoms. The Morgan fingerprint density at radius 1 is 1.20 bits per heavy atom. The maximum atomic E-state index is 4.65. The van der Waals surface area contributed by atoms with Crippen molar-refractivity contribution in [3.63, 3.8) is 0 Å². The molecule has 0 bridgehead atoms. The molecular formula is C19H34IN5. The molecule has 0 radical (unpaired) electrons. The van der Waals surface area contributed by atoms with E-state index in [1.807, 2.05) is 32.1 Å². The van der Waals surface area contributed by atoms with Crippen molar-refractivity contribution in [1.82, 2.24) is 15.2 Å². The fourth-order valence-corrected chi connectivity index (χ4v) is 3.35. The van der Waals surface area contributed by atoms with Gasteiger partial charge in [0.1, 0.15) is 5.82 Å². The molecule has 1 aliphatic carbocycles. The van der Waals surface area contributed by atoms with Gasteiger partial charge in [0.05, 0.1) is 12.2 Å². The summed E-state index contributed by atoms with van der Waals surface area (Å²) in [5, 5.41) is 3.44. The molecule has 2 rings (SSSR count). The van der Waals surface area contributed by atoms with Gasteiger partial charge in [-0.1, -0.05) is 25.8 Å². The maximum Gasteiger partial charge on any atom is 0.193 e. The van der Waals surface area contributed by atoms with Gasteiger partial charge in [-0.2, -0.15) is 0 Å². The third-order valence-corrected chi connectivity index (χ3v) is 4.92. The minimum Gasteiger partial charge on any atom is -0.363 e. The van der Waals surface area contributed by atoms with Crippen LogP contribution in [0.2, 0.25) is 0 Å². The van der Waals surface area contributed by atoms with Gasteiger partial charge in [0, 0.05) is 34.7 Å². The number of nitrogens with one attached hydrogen (secondary N) is 1. The lowest BCUT2D eigenvalue weighted by Gasteiger charge is -2.31. The molecule has 0 saturated heterocycles. The van der Waals surface area contributed by atoms with Crippen molar-refractivity contribution < 1.29 is 0 Å². The lowest BCUT2D eigenvalue weighted by atomic mass is 9.83. The molecule has 6 heteroatoms. The lowest BCUT2D eigenvalue weighted by molar-refractivity contribution is 0.250. The summed E-state index contributed by atoms with van der Waals surface area (Å²) in [6, 6.07) is 6.12. The molecule has 0 atom stereocenters. The van der Waals surface area contributed by atoms with Crippen molar-refractivity contribution in [2.24, 2.45) is 16.8 Å². The molecule has 142 valence electrons. The molecule has 1 heterocycles. The second-order valence-corrected chi connectivity index (χ2v) is 7.29. The van der Waals surface area contributed by atoms with Crippen LogP contribution in [0.5, 0.6) is 0 Å². The number of aromatic nitrogens is 1. The SMILES string of the molecule is CN=C(NCc1cccc(N(C)C)n1)N(C)CC1CCC(C)CC1.I. The predicted molar refractivity (Wildman–Crippen MR) is 118 cm³/mol. The van der Waals surface area contributed by atoms with Crippen LogP contribution in [0.1, 0.15) is 38.3 Å². The summed E-state index contributed by atoms with van der Waals surface area (Å²) in [6.07, 6.45) is 5.42. The molecule has 0 unspecified atom stereocenters. The van der Waals surface area contributed by atoms with E-state index in [1.54, 1.807) is 0 Å². The third kappa shape index (κ3) is 6.99. The van der Waals surface area contributed by atoms with Crippen LogP contribution in [0.4, 0.5) is 5.82 Å². The highest BCUT2D eigenvalue weighted by Gasteiger charge is 2.20. The average molecular weight is 459 g/mol. The van der Waals surface area contributed by atoms with Gasteiger partial charge in [-0.25, -0.2) is 4.98 Å². The van der Waals surface area contributed by atoms with Crippen molar-refractivity contribution in [1.29, 1.82) is 0 Å². The smallest absolute Gasteiger partial charge is 0.193 e. The second kappa shape index (κ2) is 10.8. The normalized spacial score (nSPS) is 20.6. The highest BCUT2D eigenvalue weighted by atomic mass is 127. The zero-order valence-corrected chi connectivity index (χ0v) is 18.7. The summed E-state index contributed by atoms with van der Waals surface area (Å²) in [7, 11) is 8.01. The van der Waals surface area contributed by atoms with Crippen LogP contribution in [0, 0.1) is 11.8 Å². The Balaban J connectivity index is 0.00000312. The van der Waals surface area contributed by atoms with Crippen LogP contribution in [0.25, 0.3) is 0 Å². The van der Waals surface area contributed by atoms with E-state index in [0.29, 0.717) is 6.54 Å². The number of hydrogen-bond donors (Lipinski definition) is 1. The minimum atomic E-state index is 0. The zero-order valence-electron chi connectivity index (χ0n) is 16.3. The fraction of sp³-hybridized carbons (Fsp3) is 0.684. The number of halogens is 1. The first kappa shape index (κ1) is 22.0. The second-order valence-electron chi connectivity index (χ2n) is 7.29. The molecule has 1 fully saturated rings. The first-order valence-corrected chi connectivity index (χ1v) is 9.04. The monoisotopic (exact) mass is 459 g/mol. The topological polar surface area (TPSA) is 43.8 Å². The molecule has 0 aliphatic heterocycles. The molecule has 25 heavy (non-hydrogen) atoms. The van der Waals surface area contributed by atoms with Crippen LogP contribution in [-0.4, -0.2) is 50.6 Å². The molecule has 0 aromatic carbocycles. The van der Waals surface area contributed by atoms with E-state index < -0.39 is 0 Å². The Kier molecular flexibility index (Phi) is 9.53. The average Bonchev–Trinajstić information content (AvgIpc) is 2.57. The Labute approximate surface area is 170 Å². The van der Waals surface area contributed by atoms with Crippen molar-refractivity contribution in [2.45, 2.75) is 39.2 Å². The third-order valence-electron chi connectivity index (χ3n) is 4.92. The van der Waals surface area contributed by atoms with Gasteiger partial charge in [0.25, 0.3) is 0 Å². The van der Waals surface area contributed by atoms with Gasteiger partial charge >= 0.3 is 0 Å². The van der Waals surface area contributed by atoms with Crippen LogP contribution in [-0.2, 0) is 6.54 Å². The summed E-state index contributed by atoms with van der Waals surface area (Å²) >= 11 is 0. The quantitative estimate of drug-likeness (QED) is 0.415. The maximum absolute atomic E-state index is 4.65. The van der Waals surface area contributed by atoms with Crippen molar-refractivity contribution in [3.05, 3.63) is 23.9 Å². The number of guanidine groups is 1. The number of nitrogens with zero attached hydrogens (tertiary/aromatic N) is 4. The van der Waals surface area contributed by atoms with Crippen molar-refractivity contribution in [3.8, 4) is 0 Å². The molecule has 1 aromatic rings. The Morgan fingerprint density at radius 2 is 1.88 bits per heavy atom. The van der Waals surface area contributed by atoms with E-state index >= 15 is 0 Å². The molecule has 1 N–H and O–H groups in total. The summed E-state index contributed by atoms with van der Waals surface area (Å²) in [4.78, 5) is 13.4. The van der Waals surface area contributed by atoms with Gasteiger partial charge in [0.2, 0.25) is 0 Å². The lowest BCUT2D eigenvalue weighted by Crippen LogP contribution is -2.41. The molecule has 5 nitrogen and oxygen atoms in total. The van der Waals surface area contributed by atoms with Crippen LogP contribution in [0.3, 0.4) is 0 Å². The van der Waals surface area contributed by atoms with Gasteiger partial charge in [-0.15, -0.1) is 24.0 Å². The summed E-state index contributed by atoms with van der Waals surface area (Å²) in [6.45, 7) is 4.15. The standard InChI is InChI=1S/C19H33N5.HI/c1-15-9-11-16(12-10-15)14-24(5)19(20-2)21-13-17-7-6-8-18(22-17)23(3)4;/h6-8,15-16H,9-14H2,1-5H3,(H,20,21);1H. The van der Waals surface area contributed by atoms with Crippen molar-refractivity contribution >= 4 is 35.8 Å². The van der Waals surface area contributed by atoms with E-state index in [0.717, 1.165) is 35.9 Å². The van der Waals surface area contributed by atoms with Crippen LogP contribution in [0.15, 0.2) is 23.2 Å². The number of pyridine rings is 1. The van der Waals surface area contributed by atoms with E-state index in [4.69, 9.17) is 0 Å². The first-order valence-electron chi connectivity index (χ1n) is 9.04. The Hall–Kier alpha value is -1.05. The first-order chi connectivity index (χ1) is 11.5. The number of hydrogen-bond acceptors (Lipinski definition) is 3. The predicted octanol–water partition coefficient (Wildman–Crippen LogP) is 3.60. The largest absolute Gasteiger partial charge is 0.363 e. The summed E-state index contributed by atoms with van der Waals surface area (Å²) < 4.78 is 0. The number of aliphatic imine (C=N–C) groups is 1. The van der Waals surface area contributed by atoms with E-state index in [-0.39, 0.29) is 24.0 Å². The molecular weight excluding hydrogens is 425 g/mol. The summed E-state index contributed by atoms with van der Waals surface area (Å²) in [5.74, 6) is 3.62. The van der Waals surface area contributed by atoms with Gasteiger partial charge in [0.15, 0.2) is 5.96 Å². The molecule has 1 aliphatic rings. The van der Waals surface area contributed by atoms with E-state index in [2.05, 4.69) is 46.3 Å². The summed E-state index contributed by atoms with van der Waals surface area (Å²) in [5.41, 5.74) is 1.03. The Bertz CT molecular complexity index is 538. The van der Waals surface area contributed by atoms with Crippen LogP contribution >= 0.6 is 24.0 Å². The van der Waals surface area contributed by atoms with Gasteiger partial charge < -0.3 is 15.1 Å². The minimum absolute atomic E-state index is 0. The fourth-order valence-electron chi connectivity index (χ4n) is 3.35. The molecule has 1 aromatic heterocycles. The molecule has 0 amide bonds. The van der Waals surface area contributed by atoms with E-state index in [9.17, 15) is 0 Å². The Morgan fingerprint density at radius 3 is 2.48 bits per heavy atom. The zero-order chi connectivity index (χ0) is 17.5. The number of rotatable bonds is 5. The highest BCUT2D eigenvalue weighted by Crippen LogP contribution is 2.28. The highest BCUT2D eigenvalue weighted by molar-refractivity contribution is 14.0. The van der Waals surface area contributed by atoms with Crippen molar-refractivity contribution in [2.75, 3.05) is 39.6 Å². The molecule has 1 saturated carbocycles. The number of anilines is 1.